The topological polar surface area (TPSA) is 114 Å². The van der Waals surface area contributed by atoms with Crippen LogP contribution in [0.5, 0.6) is 0 Å². The molecule has 0 aromatic rings. The summed E-state index contributed by atoms with van der Waals surface area (Å²) >= 11 is 15.0. The quantitative estimate of drug-likeness (QED) is 0.185. The SMILES string of the molecule is O=S(=O)([O-])CC(S)CS.O=S(=O)([O-])CC(S)CS.[Pb+2]. The molecule has 0 amide bonds. The molecule has 0 spiro atoms. The summed E-state index contributed by atoms with van der Waals surface area (Å²) in [7, 11) is -8.22. The Morgan fingerprint density at radius 2 is 1.00 bits per heavy atom. The maximum atomic E-state index is 9.96. The van der Waals surface area contributed by atoms with Crippen LogP contribution >= 0.6 is 50.5 Å². The molecule has 0 rings (SSSR count). The van der Waals surface area contributed by atoms with Gasteiger partial charge in [0.1, 0.15) is 0 Å². The van der Waals surface area contributed by atoms with Gasteiger partial charge < -0.3 is 9.11 Å². The van der Waals surface area contributed by atoms with Crippen molar-refractivity contribution in [3.05, 3.63) is 0 Å². The van der Waals surface area contributed by atoms with Gasteiger partial charge in [-0.05, 0) is 0 Å². The first-order chi connectivity index (χ1) is 7.91. The molecule has 0 N–H and O–H groups in total. The van der Waals surface area contributed by atoms with E-state index < -0.39 is 42.2 Å². The van der Waals surface area contributed by atoms with E-state index in [-0.39, 0.29) is 27.3 Å². The Morgan fingerprint density at radius 3 is 1.05 bits per heavy atom. The summed E-state index contributed by atoms with van der Waals surface area (Å²) in [5.41, 5.74) is 0. The van der Waals surface area contributed by atoms with E-state index >= 15 is 0 Å². The van der Waals surface area contributed by atoms with E-state index in [1.165, 1.54) is 0 Å². The summed E-state index contributed by atoms with van der Waals surface area (Å²) in [5, 5.41) is -0.897. The van der Waals surface area contributed by atoms with Gasteiger partial charge in [-0.2, -0.15) is 50.5 Å². The van der Waals surface area contributed by atoms with Crippen molar-refractivity contribution in [2.75, 3.05) is 23.0 Å². The Morgan fingerprint density at radius 1 is 0.789 bits per heavy atom. The van der Waals surface area contributed by atoms with Crippen molar-refractivity contribution in [2.45, 2.75) is 10.5 Å². The fourth-order valence-electron chi connectivity index (χ4n) is 0.577. The minimum Gasteiger partial charge on any atom is -0.748 e. The summed E-state index contributed by atoms with van der Waals surface area (Å²) in [6.07, 6.45) is 0. The van der Waals surface area contributed by atoms with Gasteiger partial charge in [-0.1, -0.05) is 0 Å². The molecule has 0 heterocycles. The zero-order valence-electron chi connectivity index (χ0n) is 9.54. The molecule has 0 aliphatic rings. The predicted molar refractivity (Wildman–Crippen MR) is 88.1 cm³/mol. The van der Waals surface area contributed by atoms with E-state index in [1.807, 2.05) is 0 Å². The molecule has 19 heavy (non-hydrogen) atoms. The number of thiol groups is 4. The van der Waals surface area contributed by atoms with Gasteiger partial charge in [0.2, 0.25) is 0 Å². The maximum Gasteiger partial charge on any atom is 2.00 e. The van der Waals surface area contributed by atoms with Gasteiger partial charge in [0.25, 0.3) is 0 Å². The van der Waals surface area contributed by atoms with Crippen LogP contribution in [0, 0.1) is 0 Å². The third-order valence-electron chi connectivity index (χ3n) is 1.21. The third kappa shape index (κ3) is 25.4. The Kier molecular flexibility index (Phi) is 17.4. The second-order valence-corrected chi connectivity index (χ2v) is 8.21. The van der Waals surface area contributed by atoms with Gasteiger partial charge >= 0.3 is 27.3 Å². The molecule has 114 valence electrons. The first-order valence-electron chi connectivity index (χ1n) is 4.36. The molecule has 2 unspecified atom stereocenters. The van der Waals surface area contributed by atoms with Crippen LogP contribution < -0.4 is 0 Å². The van der Waals surface area contributed by atoms with Crippen molar-refractivity contribution >= 4 is 98.1 Å². The number of rotatable bonds is 6. The zero-order valence-corrected chi connectivity index (χ0v) is 18.6. The van der Waals surface area contributed by atoms with Crippen LogP contribution in [0.15, 0.2) is 0 Å². The minimum atomic E-state index is -4.11. The average Bonchev–Trinajstić information content (AvgIpc) is 2.13. The van der Waals surface area contributed by atoms with Gasteiger partial charge in [0.05, 0.1) is 31.7 Å². The van der Waals surface area contributed by atoms with Crippen LogP contribution in [0.1, 0.15) is 0 Å². The summed E-state index contributed by atoms with van der Waals surface area (Å²) in [4.78, 5) is 0. The van der Waals surface area contributed by atoms with Crippen molar-refractivity contribution in [2.24, 2.45) is 0 Å². The summed E-state index contributed by atoms with van der Waals surface area (Å²) < 4.78 is 59.8. The minimum absolute atomic E-state index is 0. The summed E-state index contributed by atoms with van der Waals surface area (Å²) in [6, 6.07) is 0. The van der Waals surface area contributed by atoms with Crippen LogP contribution in [0.4, 0.5) is 0 Å². The molecule has 0 aromatic heterocycles. The molecular weight excluding hydrogens is 568 g/mol. The fourth-order valence-corrected chi connectivity index (χ4v) is 3.46. The molecule has 0 bridgehead atoms. The normalized spacial score (nSPS) is 14.6. The molecule has 0 aromatic carbocycles. The summed E-state index contributed by atoms with van der Waals surface area (Å²) in [5.74, 6) is -0.297. The van der Waals surface area contributed by atoms with E-state index in [9.17, 15) is 25.9 Å². The van der Waals surface area contributed by atoms with Gasteiger partial charge in [0.15, 0.2) is 0 Å². The van der Waals surface area contributed by atoms with Crippen molar-refractivity contribution in [1.82, 2.24) is 0 Å². The van der Waals surface area contributed by atoms with Gasteiger partial charge in [-0.3, -0.25) is 0 Å². The molecule has 0 saturated heterocycles. The zero-order chi connectivity index (χ0) is 15.0. The van der Waals surface area contributed by atoms with Crippen LogP contribution in [0.2, 0.25) is 0 Å². The van der Waals surface area contributed by atoms with Gasteiger partial charge in [-0.25, -0.2) is 16.8 Å². The Hall–Kier alpha value is 2.14. The number of hydrogen-bond acceptors (Lipinski definition) is 10. The molecule has 13 heteroatoms. The van der Waals surface area contributed by atoms with Crippen molar-refractivity contribution < 1.29 is 25.9 Å². The first kappa shape index (κ1) is 26.1. The molecule has 0 fully saturated rings. The first-order valence-corrected chi connectivity index (χ1v) is 9.81. The molecule has 0 aliphatic heterocycles. The molecule has 0 saturated carbocycles. The summed E-state index contributed by atoms with van der Waals surface area (Å²) in [6.45, 7) is 0. The van der Waals surface area contributed by atoms with E-state index in [2.05, 4.69) is 50.5 Å². The van der Waals surface area contributed by atoms with Crippen molar-refractivity contribution in [3.8, 4) is 0 Å². The van der Waals surface area contributed by atoms with Gasteiger partial charge in [0, 0.05) is 22.0 Å². The molecular formula is C6H14O6PbS6. The smallest absolute Gasteiger partial charge is 0.748 e. The standard InChI is InChI=1S/2C3H8O3S3.Pb/c2*4-9(5,6)2-3(8)1-7;/h2*3,7-8H,1-2H2,(H,4,5,6);/q;;+2/p-2. The molecule has 2 radical (unpaired) electrons. The molecule has 6 nitrogen and oxygen atoms in total. The Balaban J connectivity index is -0.000000256. The van der Waals surface area contributed by atoms with Crippen LogP contribution in [-0.4, -0.2) is 86.8 Å². The van der Waals surface area contributed by atoms with Crippen molar-refractivity contribution in [3.63, 3.8) is 0 Å². The monoisotopic (exact) mass is 582 g/mol. The van der Waals surface area contributed by atoms with E-state index in [4.69, 9.17) is 0 Å². The van der Waals surface area contributed by atoms with Crippen molar-refractivity contribution in [1.29, 1.82) is 0 Å². The van der Waals surface area contributed by atoms with Crippen LogP contribution in [-0.2, 0) is 20.2 Å². The average molecular weight is 582 g/mol. The second kappa shape index (κ2) is 12.7. The predicted octanol–water partition coefficient (Wildman–Crippen LogP) is -0.861. The maximum absolute atomic E-state index is 9.96. The Bertz CT molecular complexity index is 368. The Labute approximate surface area is 156 Å². The van der Waals surface area contributed by atoms with E-state index in [0.29, 0.717) is 11.5 Å². The third-order valence-corrected chi connectivity index (χ3v) is 5.52. The van der Waals surface area contributed by atoms with Crippen LogP contribution in [0.25, 0.3) is 0 Å². The molecule has 0 aliphatic carbocycles. The van der Waals surface area contributed by atoms with Crippen LogP contribution in [0.3, 0.4) is 0 Å². The molecule has 2 atom stereocenters. The van der Waals surface area contributed by atoms with Gasteiger partial charge in [-0.15, -0.1) is 0 Å². The second-order valence-electron chi connectivity index (χ2n) is 3.12. The fraction of sp³-hybridized carbons (Fsp3) is 1.00. The largest absolute Gasteiger partial charge is 2.00 e. The number of hydrogen-bond donors (Lipinski definition) is 4. The van der Waals surface area contributed by atoms with E-state index in [0.717, 1.165) is 0 Å². The van der Waals surface area contributed by atoms with E-state index in [1.54, 1.807) is 0 Å².